The van der Waals surface area contributed by atoms with Gasteiger partial charge >= 0.3 is 0 Å². The second-order valence-corrected chi connectivity index (χ2v) is 10.4. The Morgan fingerprint density at radius 2 is 1.28 bits per heavy atom. The van der Waals surface area contributed by atoms with Gasteiger partial charge in [-0.1, -0.05) is 67.1 Å². The van der Waals surface area contributed by atoms with E-state index in [1.54, 1.807) is 0 Å². The summed E-state index contributed by atoms with van der Waals surface area (Å²) in [5, 5.41) is 15.5. The first-order chi connectivity index (χ1) is 19.2. The van der Waals surface area contributed by atoms with E-state index in [9.17, 15) is 0 Å². The van der Waals surface area contributed by atoms with Crippen molar-refractivity contribution in [3.8, 4) is 17.1 Å². The predicted molar refractivity (Wildman–Crippen MR) is 162 cm³/mol. The molecule has 8 aromatic rings. The van der Waals surface area contributed by atoms with Crippen LogP contribution in [0.3, 0.4) is 0 Å². The van der Waals surface area contributed by atoms with Crippen LogP contribution >= 0.6 is 0 Å². The number of hydrogen-bond acceptors (Lipinski definition) is 2. The van der Waals surface area contributed by atoms with Crippen LogP contribution in [0.5, 0.6) is 0 Å². The molecule has 0 saturated heterocycles. The van der Waals surface area contributed by atoms with Crippen molar-refractivity contribution in [3.05, 3.63) is 120 Å². The van der Waals surface area contributed by atoms with Crippen molar-refractivity contribution in [1.29, 1.82) is 0 Å². The lowest BCUT2D eigenvalue weighted by Gasteiger charge is -2.11. The number of benzene rings is 5. The fourth-order valence-electron chi connectivity index (χ4n) is 6.13. The molecule has 0 unspecified atom stereocenters. The van der Waals surface area contributed by atoms with Crippen LogP contribution in [0.25, 0.3) is 66.2 Å². The molecular formula is C35H26N4. The fraction of sp³-hybridized carbons (Fsp3) is 0.0857. The number of pyridine rings is 1. The molecule has 0 atom stereocenters. The lowest BCUT2D eigenvalue weighted by atomic mass is 10.1. The minimum absolute atomic E-state index is 0.851. The Labute approximate surface area is 225 Å². The third-order valence-electron chi connectivity index (χ3n) is 8.04. The van der Waals surface area contributed by atoms with E-state index < -0.39 is 0 Å². The number of para-hydroxylation sites is 1. The van der Waals surface area contributed by atoms with Crippen molar-refractivity contribution in [1.82, 2.24) is 19.2 Å². The number of aromatic nitrogens is 4. The lowest BCUT2D eigenvalue weighted by Crippen LogP contribution is -1.96. The molecular weight excluding hydrogens is 476 g/mol. The summed E-state index contributed by atoms with van der Waals surface area (Å²) in [6.45, 7) is 4.38. The zero-order chi connectivity index (χ0) is 26.1. The largest absolute Gasteiger partial charge is 0.309 e. The molecule has 0 saturated carbocycles. The van der Waals surface area contributed by atoms with Crippen LogP contribution in [0, 0.1) is 6.92 Å². The maximum absolute atomic E-state index is 4.69. The highest BCUT2D eigenvalue weighted by Gasteiger charge is 2.17. The summed E-state index contributed by atoms with van der Waals surface area (Å²) in [5.41, 5.74) is 9.25. The van der Waals surface area contributed by atoms with Gasteiger partial charge < -0.3 is 4.57 Å². The molecule has 3 aromatic heterocycles. The quantitative estimate of drug-likeness (QED) is 0.227. The molecule has 0 fully saturated rings. The Morgan fingerprint density at radius 1 is 0.590 bits per heavy atom. The summed E-state index contributed by atoms with van der Waals surface area (Å²) in [7, 11) is 0. The van der Waals surface area contributed by atoms with Crippen molar-refractivity contribution in [2.45, 2.75) is 20.3 Å². The molecule has 39 heavy (non-hydrogen) atoms. The summed E-state index contributed by atoms with van der Waals surface area (Å²) in [4.78, 5) is 0. The molecule has 0 aliphatic carbocycles. The summed E-state index contributed by atoms with van der Waals surface area (Å²) < 4.78 is 4.57. The molecule has 5 aromatic carbocycles. The van der Waals surface area contributed by atoms with E-state index in [4.69, 9.17) is 5.10 Å². The third kappa shape index (κ3) is 3.18. The van der Waals surface area contributed by atoms with Crippen molar-refractivity contribution >= 4 is 49.1 Å². The summed E-state index contributed by atoms with van der Waals surface area (Å²) in [6.07, 6.45) is 1.03. The summed E-state index contributed by atoms with van der Waals surface area (Å²) >= 11 is 0. The Morgan fingerprint density at radius 3 is 2.08 bits per heavy atom. The average molecular weight is 503 g/mol. The molecule has 0 bridgehead atoms. The first-order valence-corrected chi connectivity index (χ1v) is 13.5. The van der Waals surface area contributed by atoms with Crippen LogP contribution in [0.15, 0.2) is 109 Å². The van der Waals surface area contributed by atoms with E-state index in [1.165, 1.54) is 43.7 Å². The SMILES string of the molecule is CCc1ccc2c(c1)c1cc(C)ccc1n2-c1ccc(-c2nnc3c4ccccc4c4ccccc4n23)cc1. The molecule has 4 heteroatoms. The van der Waals surface area contributed by atoms with E-state index in [0.29, 0.717) is 0 Å². The normalized spacial score (nSPS) is 11.9. The van der Waals surface area contributed by atoms with E-state index in [-0.39, 0.29) is 0 Å². The highest BCUT2D eigenvalue weighted by molar-refractivity contribution is 6.12. The van der Waals surface area contributed by atoms with Gasteiger partial charge in [0.2, 0.25) is 0 Å². The van der Waals surface area contributed by atoms with E-state index in [1.807, 2.05) is 0 Å². The van der Waals surface area contributed by atoms with Gasteiger partial charge in [-0.2, -0.15) is 0 Å². The number of rotatable bonds is 3. The molecule has 0 spiro atoms. The molecule has 0 N–H and O–H groups in total. The zero-order valence-corrected chi connectivity index (χ0v) is 21.9. The molecule has 0 aliphatic heterocycles. The first kappa shape index (κ1) is 22.1. The van der Waals surface area contributed by atoms with Gasteiger partial charge in [0.15, 0.2) is 11.5 Å². The van der Waals surface area contributed by atoms with Gasteiger partial charge in [0.25, 0.3) is 0 Å². The van der Waals surface area contributed by atoms with E-state index in [2.05, 4.69) is 137 Å². The van der Waals surface area contributed by atoms with Gasteiger partial charge in [-0.15, -0.1) is 10.2 Å². The predicted octanol–water partition coefficient (Wildman–Crippen LogP) is 8.67. The van der Waals surface area contributed by atoms with Gasteiger partial charge in [0, 0.05) is 32.8 Å². The molecule has 4 nitrogen and oxygen atoms in total. The van der Waals surface area contributed by atoms with Crippen molar-refractivity contribution < 1.29 is 0 Å². The summed E-state index contributed by atoms with van der Waals surface area (Å²) in [6, 6.07) is 39.3. The second kappa shape index (κ2) is 8.27. The van der Waals surface area contributed by atoms with Gasteiger partial charge in [-0.05, 0) is 78.9 Å². The molecule has 186 valence electrons. The monoisotopic (exact) mass is 502 g/mol. The standard InChI is InChI=1S/C35H26N4/c1-3-23-13-19-33-30(21-23)29-20-22(2)12-18-32(29)38(33)25-16-14-24(15-17-25)34-36-37-35-28-10-5-4-8-26(28)27-9-6-7-11-31(27)39(34)35/h4-21H,3H2,1-2H3. The average Bonchev–Trinajstić information content (AvgIpc) is 3.57. The van der Waals surface area contributed by atoms with Crippen LogP contribution in [0.2, 0.25) is 0 Å². The minimum Gasteiger partial charge on any atom is -0.309 e. The summed E-state index contributed by atoms with van der Waals surface area (Å²) in [5.74, 6) is 0.851. The zero-order valence-electron chi connectivity index (χ0n) is 21.9. The molecule has 0 aliphatic rings. The minimum atomic E-state index is 0.851. The number of aryl methyl sites for hydroxylation is 2. The van der Waals surface area contributed by atoms with Crippen LogP contribution in [0.1, 0.15) is 18.1 Å². The smallest absolute Gasteiger partial charge is 0.169 e. The van der Waals surface area contributed by atoms with Crippen LogP contribution in [0.4, 0.5) is 0 Å². The molecule has 0 radical (unpaired) electrons. The van der Waals surface area contributed by atoms with Gasteiger partial charge in [0.1, 0.15) is 0 Å². The third-order valence-corrected chi connectivity index (χ3v) is 8.04. The lowest BCUT2D eigenvalue weighted by molar-refractivity contribution is 1.11. The van der Waals surface area contributed by atoms with Crippen molar-refractivity contribution in [2.24, 2.45) is 0 Å². The van der Waals surface area contributed by atoms with E-state index in [0.717, 1.165) is 40.0 Å². The molecule has 8 rings (SSSR count). The second-order valence-electron chi connectivity index (χ2n) is 10.4. The topological polar surface area (TPSA) is 35.1 Å². The van der Waals surface area contributed by atoms with Crippen LogP contribution in [-0.4, -0.2) is 19.2 Å². The number of hydrogen-bond donors (Lipinski definition) is 0. The van der Waals surface area contributed by atoms with Gasteiger partial charge in [-0.3, -0.25) is 4.40 Å². The highest BCUT2D eigenvalue weighted by atomic mass is 15.2. The van der Waals surface area contributed by atoms with Crippen molar-refractivity contribution in [3.63, 3.8) is 0 Å². The molecule has 3 heterocycles. The van der Waals surface area contributed by atoms with Gasteiger partial charge in [-0.25, -0.2) is 0 Å². The Bertz CT molecular complexity index is 2210. The maximum atomic E-state index is 4.69. The molecule has 0 amide bonds. The van der Waals surface area contributed by atoms with Crippen LogP contribution in [-0.2, 0) is 6.42 Å². The first-order valence-electron chi connectivity index (χ1n) is 13.5. The number of fused-ring (bicyclic) bond motifs is 9. The van der Waals surface area contributed by atoms with E-state index >= 15 is 0 Å². The Kier molecular flexibility index (Phi) is 4.68. The van der Waals surface area contributed by atoms with Crippen LogP contribution < -0.4 is 0 Å². The highest BCUT2D eigenvalue weighted by Crippen LogP contribution is 2.35. The Balaban J connectivity index is 1.34. The maximum Gasteiger partial charge on any atom is 0.169 e. The Hall–Kier alpha value is -4.96. The fourth-order valence-corrected chi connectivity index (χ4v) is 6.13. The van der Waals surface area contributed by atoms with Gasteiger partial charge in [0.05, 0.1) is 16.6 Å². The van der Waals surface area contributed by atoms with Crippen molar-refractivity contribution in [2.75, 3.05) is 0 Å². The number of nitrogens with zero attached hydrogens (tertiary/aromatic N) is 4.